The molecule has 0 aliphatic rings. The van der Waals surface area contributed by atoms with Crippen LogP contribution in [-0.4, -0.2) is 49.9 Å². The second kappa shape index (κ2) is 39.6. The largest absolute Gasteiger partial charge is 0.472 e. The van der Waals surface area contributed by atoms with E-state index in [1.54, 1.807) is 0 Å². The molecule has 0 amide bonds. The summed E-state index contributed by atoms with van der Waals surface area (Å²) < 4.78 is 33.3. The molecule has 0 radical (unpaired) electrons. The van der Waals surface area contributed by atoms with Crippen LogP contribution >= 0.6 is 7.82 Å². The maximum atomic E-state index is 12.5. The zero-order valence-electron chi connectivity index (χ0n) is 32.5. The van der Waals surface area contributed by atoms with Crippen molar-refractivity contribution in [2.24, 2.45) is 5.73 Å². The number of phosphoric acid groups is 1. The van der Waals surface area contributed by atoms with Gasteiger partial charge in [-0.25, -0.2) is 4.57 Å². The summed E-state index contributed by atoms with van der Waals surface area (Å²) >= 11 is 0. The summed E-state index contributed by atoms with van der Waals surface area (Å²) in [6.45, 7) is 4.51. The van der Waals surface area contributed by atoms with Crippen LogP contribution in [0.3, 0.4) is 0 Å². The van der Waals surface area contributed by atoms with Crippen molar-refractivity contribution in [3.8, 4) is 0 Å². The summed E-state index contributed by atoms with van der Waals surface area (Å²) in [5.41, 5.74) is 5.35. The summed E-state index contributed by atoms with van der Waals surface area (Å²) in [7, 11) is -4.30. The highest BCUT2D eigenvalue weighted by Gasteiger charge is 2.25. The fourth-order valence-corrected chi connectivity index (χ4v) is 5.45. The van der Waals surface area contributed by atoms with Crippen LogP contribution in [0, 0.1) is 0 Å². The van der Waals surface area contributed by atoms with Gasteiger partial charge in [0.2, 0.25) is 0 Å². The molecule has 0 fully saturated rings. The third-order valence-electron chi connectivity index (χ3n) is 7.50. The van der Waals surface area contributed by atoms with Gasteiger partial charge in [0, 0.05) is 19.6 Å². The summed E-state index contributed by atoms with van der Waals surface area (Å²) in [6, 6.07) is 0. The number of allylic oxidation sites excluding steroid dienone is 16. The molecule has 2 atom stereocenters. The second-order valence-electron chi connectivity index (χ2n) is 12.4. The molecular formula is C43H72NO7P. The molecular weight excluding hydrogens is 673 g/mol. The monoisotopic (exact) mass is 746 g/mol. The van der Waals surface area contributed by atoms with Crippen LogP contribution in [-0.2, 0) is 27.9 Å². The van der Waals surface area contributed by atoms with Crippen molar-refractivity contribution >= 4 is 13.8 Å². The number of nitrogens with two attached hydrogens (primary N) is 1. The van der Waals surface area contributed by atoms with E-state index in [1.807, 2.05) is 0 Å². The standard InChI is InChI=1S/C43H72NO7P/c1-3-5-7-9-11-13-15-17-19-20-21-23-25-27-29-31-33-35-38-48-40-42(41-50-52(46,47)49-39-37-44)51-43(45)36-34-32-30-28-26-24-22-18-16-14-12-10-8-6-4-2/h5-8,11-14,17-19,21-23,27,29,42H,3-4,9-10,15-16,20,24-26,28,30-41,44H2,1-2H3,(H,46,47)/b7-5-,8-6-,13-11-,14-12-,19-17-,22-18-,23-21-,29-27-. The van der Waals surface area contributed by atoms with Crippen LogP contribution in [0.5, 0.6) is 0 Å². The number of unbranched alkanes of at least 4 members (excludes halogenated alkanes) is 7. The third kappa shape index (κ3) is 38.6. The fourth-order valence-electron chi connectivity index (χ4n) is 4.68. The molecule has 0 rings (SSSR count). The molecule has 0 heterocycles. The van der Waals surface area contributed by atoms with Crippen LogP contribution in [0.25, 0.3) is 0 Å². The average molecular weight is 746 g/mol. The summed E-state index contributed by atoms with van der Waals surface area (Å²) in [5, 5.41) is 0. The van der Waals surface area contributed by atoms with Gasteiger partial charge < -0.3 is 20.1 Å². The maximum Gasteiger partial charge on any atom is 0.472 e. The Kier molecular flexibility index (Phi) is 37.7. The predicted molar refractivity (Wildman–Crippen MR) is 219 cm³/mol. The molecule has 0 aliphatic carbocycles. The average Bonchev–Trinajstić information content (AvgIpc) is 3.13. The van der Waals surface area contributed by atoms with Gasteiger partial charge in [0.15, 0.2) is 0 Å². The minimum atomic E-state index is -4.30. The van der Waals surface area contributed by atoms with Gasteiger partial charge in [0.05, 0.1) is 19.8 Å². The molecule has 296 valence electrons. The molecule has 0 aliphatic heterocycles. The van der Waals surface area contributed by atoms with Gasteiger partial charge in [-0.2, -0.15) is 0 Å². The lowest BCUT2D eigenvalue weighted by Gasteiger charge is -2.20. The van der Waals surface area contributed by atoms with Gasteiger partial charge in [-0.3, -0.25) is 13.8 Å². The van der Waals surface area contributed by atoms with E-state index in [9.17, 15) is 14.3 Å². The molecule has 0 aromatic carbocycles. The summed E-state index contributed by atoms with van der Waals surface area (Å²) in [6.07, 6.45) is 51.4. The van der Waals surface area contributed by atoms with E-state index >= 15 is 0 Å². The van der Waals surface area contributed by atoms with E-state index in [0.29, 0.717) is 6.61 Å². The van der Waals surface area contributed by atoms with Gasteiger partial charge in [0.25, 0.3) is 0 Å². The van der Waals surface area contributed by atoms with Crippen molar-refractivity contribution in [3.05, 3.63) is 97.2 Å². The quantitative estimate of drug-likeness (QED) is 0.0282. The van der Waals surface area contributed by atoms with Gasteiger partial charge in [-0.15, -0.1) is 0 Å². The first-order valence-corrected chi connectivity index (χ1v) is 21.2. The Morgan fingerprint density at radius 1 is 0.577 bits per heavy atom. The van der Waals surface area contributed by atoms with Crippen LogP contribution in [0.2, 0.25) is 0 Å². The number of phosphoric ester groups is 1. The lowest BCUT2D eigenvalue weighted by Crippen LogP contribution is -2.28. The van der Waals surface area contributed by atoms with Gasteiger partial charge in [0.1, 0.15) is 6.10 Å². The highest BCUT2D eigenvalue weighted by Crippen LogP contribution is 2.43. The Bertz CT molecular complexity index is 1110. The molecule has 0 aromatic rings. The molecule has 52 heavy (non-hydrogen) atoms. The SMILES string of the molecule is CC/C=C\C/C=C\C/C=C\C/C=C\C/C=C\CCCCOCC(COP(=O)(O)OCCN)OC(=O)CCCCCCC/C=C\C/C=C\C/C=C\CC. The topological polar surface area (TPSA) is 117 Å². The van der Waals surface area contributed by atoms with Crippen molar-refractivity contribution in [2.45, 2.75) is 136 Å². The van der Waals surface area contributed by atoms with Crippen molar-refractivity contribution in [1.82, 2.24) is 0 Å². The molecule has 2 unspecified atom stereocenters. The van der Waals surface area contributed by atoms with Gasteiger partial charge >= 0.3 is 13.8 Å². The first-order valence-electron chi connectivity index (χ1n) is 19.7. The Labute approximate surface area is 317 Å². The van der Waals surface area contributed by atoms with E-state index in [-0.39, 0.29) is 38.8 Å². The van der Waals surface area contributed by atoms with E-state index in [4.69, 9.17) is 24.3 Å². The lowest BCUT2D eigenvalue weighted by atomic mass is 10.1. The van der Waals surface area contributed by atoms with Crippen LogP contribution in [0.1, 0.15) is 129 Å². The number of hydrogen-bond acceptors (Lipinski definition) is 7. The molecule has 0 spiro atoms. The first-order chi connectivity index (χ1) is 25.4. The van der Waals surface area contributed by atoms with E-state index in [2.05, 4.69) is 111 Å². The first kappa shape index (κ1) is 49.4. The van der Waals surface area contributed by atoms with E-state index in [0.717, 1.165) is 109 Å². The van der Waals surface area contributed by atoms with E-state index in [1.165, 1.54) is 0 Å². The Hall–Kier alpha value is -2.58. The highest BCUT2D eigenvalue weighted by molar-refractivity contribution is 7.47. The highest BCUT2D eigenvalue weighted by atomic mass is 31.2. The molecule has 8 nitrogen and oxygen atoms in total. The Balaban J connectivity index is 4.22. The van der Waals surface area contributed by atoms with E-state index < -0.39 is 13.9 Å². The number of rotatable bonds is 36. The van der Waals surface area contributed by atoms with Crippen molar-refractivity contribution in [3.63, 3.8) is 0 Å². The van der Waals surface area contributed by atoms with Gasteiger partial charge in [-0.1, -0.05) is 130 Å². The predicted octanol–water partition coefficient (Wildman–Crippen LogP) is 11.5. The Morgan fingerprint density at radius 2 is 1.02 bits per heavy atom. The zero-order chi connectivity index (χ0) is 38.1. The van der Waals surface area contributed by atoms with Crippen molar-refractivity contribution in [1.29, 1.82) is 0 Å². The lowest BCUT2D eigenvalue weighted by molar-refractivity contribution is -0.154. The molecule has 0 saturated heterocycles. The second-order valence-corrected chi connectivity index (χ2v) is 13.8. The molecule has 0 bridgehead atoms. The number of carbonyl (C=O) groups excluding carboxylic acids is 1. The van der Waals surface area contributed by atoms with Crippen molar-refractivity contribution in [2.75, 3.05) is 33.0 Å². The van der Waals surface area contributed by atoms with Crippen molar-refractivity contribution < 1.29 is 32.8 Å². The molecule has 9 heteroatoms. The minimum absolute atomic E-state index is 0.0729. The fraction of sp³-hybridized carbons (Fsp3) is 0.605. The van der Waals surface area contributed by atoms with Crippen LogP contribution < -0.4 is 5.73 Å². The smallest absolute Gasteiger partial charge is 0.457 e. The normalized spacial score (nSPS) is 14.6. The third-order valence-corrected chi connectivity index (χ3v) is 8.48. The zero-order valence-corrected chi connectivity index (χ0v) is 33.4. The molecule has 0 saturated carbocycles. The van der Waals surface area contributed by atoms with Crippen LogP contribution in [0.4, 0.5) is 0 Å². The van der Waals surface area contributed by atoms with Gasteiger partial charge in [-0.05, 0) is 89.9 Å². The number of hydrogen-bond donors (Lipinski definition) is 2. The number of ether oxygens (including phenoxy) is 2. The maximum absolute atomic E-state index is 12.5. The Morgan fingerprint density at radius 3 is 1.52 bits per heavy atom. The summed E-state index contributed by atoms with van der Waals surface area (Å²) in [4.78, 5) is 22.4. The number of carbonyl (C=O) groups is 1. The summed E-state index contributed by atoms with van der Waals surface area (Å²) in [5.74, 6) is -0.368. The minimum Gasteiger partial charge on any atom is -0.457 e. The number of esters is 1. The molecule has 3 N–H and O–H groups in total. The molecule has 0 aromatic heterocycles. The van der Waals surface area contributed by atoms with Crippen LogP contribution in [0.15, 0.2) is 97.2 Å².